The lowest BCUT2D eigenvalue weighted by Crippen LogP contribution is -2.25. The summed E-state index contributed by atoms with van der Waals surface area (Å²) < 4.78 is 21.8. The highest BCUT2D eigenvalue weighted by atomic mass is 32.2. The zero-order valence-electron chi connectivity index (χ0n) is 9.61. The Morgan fingerprint density at radius 1 is 1.40 bits per heavy atom. The van der Waals surface area contributed by atoms with E-state index in [1.54, 1.807) is 11.8 Å². The molecule has 15 heavy (non-hydrogen) atoms. The first-order valence-electron chi connectivity index (χ1n) is 5.45. The number of sulfone groups is 1. The fraction of sp³-hybridized carbons (Fsp3) is 1.00. The molecule has 0 aromatic carbocycles. The van der Waals surface area contributed by atoms with Crippen LogP contribution >= 0.6 is 11.8 Å². The Morgan fingerprint density at radius 2 is 2.13 bits per heavy atom. The minimum atomic E-state index is -2.77. The molecule has 0 N–H and O–H groups in total. The van der Waals surface area contributed by atoms with E-state index in [2.05, 4.69) is 11.9 Å². The van der Waals surface area contributed by atoms with Crippen molar-refractivity contribution in [2.75, 3.05) is 37.1 Å². The Balaban J connectivity index is 2.02. The van der Waals surface area contributed by atoms with E-state index in [1.807, 2.05) is 0 Å². The van der Waals surface area contributed by atoms with Gasteiger partial charge in [-0.3, -0.25) is 0 Å². The molecule has 0 amide bonds. The van der Waals surface area contributed by atoms with Crippen LogP contribution in [-0.4, -0.2) is 56.5 Å². The van der Waals surface area contributed by atoms with Crippen LogP contribution < -0.4 is 0 Å². The third-order valence-corrected chi connectivity index (χ3v) is 5.09. The summed E-state index contributed by atoms with van der Waals surface area (Å²) in [6, 6.07) is 0.732. The number of hydrogen-bond donors (Lipinski definition) is 0. The molecule has 1 unspecified atom stereocenters. The van der Waals surface area contributed by atoms with E-state index in [1.165, 1.54) is 32.1 Å². The molecule has 90 valence electrons. The molecule has 0 saturated carbocycles. The number of rotatable bonds is 6. The van der Waals surface area contributed by atoms with E-state index >= 15 is 0 Å². The van der Waals surface area contributed by atoms with Crippen molar-refractivity contribution in [3.8, 4) is 0 Å². The minimum absolute atomic E-state index is 0.318. The zero-order valence-corrected chi connectivity index (χ0v) is 11.2. The molecule has 0 radical (unpaired) electrons. The smallest absolute Gasteiger partial charge is 0.148 e. The van der Waals surface area contributed by atoms with Gasteiger partial charge in [0.05, 0.1) is 5.75 Å². The number of nitrogens with zero attached hydrogens (tertiary/aromatic N) is 1. The lowest BCUT2D eigenvalue weighted by molar-refractivity contribution is 0.305. The first kappa shape index (κ1) is 13.3. The number of thioether (sulfide) groups is 1. The molecule has 3 nitrogen and oxygen atoms in total. The van der Waals surface area contributed by atoms with Crippen LogP contribution in [0.2, 0.25) is 0 Å². The molecular weight excluding hydrogens is 230 g/mol. The quantitative estimate of drug-likeness (QED) is 0.666. The van der Waals surface area contributed by atoms with Crippen LogP contribution in [0.15, 0.2) is 0 Å². The molecule has 0 bridgehead atoms. The van der Waals surface area contributed by atoms with Gasteiger partial charge in [-0.05, 0) is 38.6 Å². The van der Waals surface area contributed by atoms with Crippen molar-refractivity contribution < 1.29 is 8.42 Å². The summed E-state index contributed by atoms with van der Waals surface area (Å²) in [5, 5.41) is 0. The van der Waals surface area contributed by atoms with Gasteiger partial charge in [0.2, 0.25) is 0 Å². The van der Waals surface area contributed by atoms with Crippen LogP contribution in [0.3, 0.4) is 0 Å². The van der Waals surface area contributed by atoms with E-state index in [9.17, 15) is 8.42 Å². The molecule has 1 heterocycles. The number of likely N-dealkylation sites (tertiary alicyclic amines) is 1. The number of hydrogen-bond acceptors (Lipinski definition) is 4. The lowest BCUT2D eigenvalue weighted by atomic mass is 10.2. The standard InChI is InChI=1S/C10H21NO2S2/c1-11-6-3-4-10(11)5-7-14-8-9-15(2,12)13/h10H,3-9H2,1-2H3. The van der Waals surface area contributed by atoms with Gasteiger partial charge in [-0.15, -0.1) is 0 Å². The fourth-order valence-corrected chi connectivity index (χ4v) is 4.20. The summed E-state index contributed by atoms with van der Waals surface area (Å²) in [6.07, 6.45) is 5.13. The summed E-state index contributed by atoms with van der Waals surface area (Å²) in [7, 11) is -0.586. The second-order valence-electron chi connectivity index (χ2n) is 4.31. The maximum absolute atomic E-state index is 10.9. The molecule has 0 aliphatic carbocycles. The van der Waals surface area contributed by atoms with Crippen molar-refractivity contribution in [3.05, 3.63) is 0 Å². The highest BCUT2D eigenvalue weighted by Crippen LogP contribution is 2.19. The van der Waals surface area contributed by atoms with Crippen LogP contribution in [0.5, 0.6) is 0 Å². The molecule has 1 atom stereocenters. The highest BCUT2D eigenvalue weighted by Gasteiger charge is 2.19. The molecular formula is C10H21NO2S2. The van der Waals surface area contributed by atoms with Gasteiger partial charge in [-0.2, -0.15) is 11.8 Å². The van der Waals surface area contributed by atoms with Crippen molar-refractivity contribution >= 4 is 21.6 Å². The predicted molar refractivity (Wildman–Crippen MR) is 67.3 cm³/mol. The fourth-order valence-electron chi connectivity index (χ4n) is 1.88. The van der Waals surface area contributed by atoms with Crippen molar-refractivity contribution in [1.29, 1.82) is 0 Å². The molecule has 1 fully saturated rings. The third-order valence-electron chi connectivity index (χ3n) is 2.87. The molecule has 1 aliphatic heterocycles. The van der Waals surface area contributed by atoms with Gasteiger partial charge in [0, 0.05) is 18.1 Å². The van der Waals surface area contributed by atoms with Crippen LogP contribution in [0.4, 0.5) is 0 Å². The Hall–Kier alpha value is 0.260. The molecule has 0 aromatic heterocycles. The van der Waals surface area contributed by atoms with Gasteiger partial charge in [0.15, 0.2) is 0 Å². The minimum Gasteiger partial charge on any atom is -0.303 e. The first-order valence-corrected chi connectivity index (χ1v) is 8.66. The molecule has 5 heteroatoms. The summed E-state index contributed by atoms with van der Waals surface area (Å²) in [6.45, 7) is 1.22. The Morgan fingerprint density at radius 3 is 2.67 bits per heavy atom. The van der Waals surface area contributed by atoms with Crippen molar-refractivity contribution in [2.45, 2.75) is 25.3 Å². The second kappa shape index (κ2) is 6.11. The Labute approximate surface area is 97.5 Å². The SMILES string of the molecule is CN1CCCC1CCSCCS(C)(=O)=O. The molecule has 0 aromatic rings. The van der Waals surface area contributed by atoms with Gasteiger partial charge in [-0.1, -0.05) is 0 Å². The molecule has 0 spiro atoms. The average Bonchev–Trinajstić information content (AvgIpc) is 2.49. The van der Waals surface area contributed by atoms with Crippen molar-refractivity contribution in [2.24, 2.45) is 0 Å². The lowest BCUT2D eigenvalue weighted by Gasteiger charge is -2.18. The average molecular weight is 251 g/mol. The maximum Gasteiger partial charge on any atom is 0.148 e. The summed E-state index contributed by atoms with van der Waals surface area (Å²) in [5.41, 5.74) is 0. The van der Waals surface area contributed by atoms with E-state index < -0.39 is 9.84 Å². The van der Waals surface area contributed by atoms with Gasteiger partial charge in [-0.25, -0.2) is 8.42 Å². The second-order valence-corrected chi connectivity index (χ2v) is 7.79. The van der Waals surface area contributed by atoms with Crippen LogP contribution in [0.25, 0.3) is 0 Å². The van der Waals surface area contributed by atoms with Crippen LogP contribution in [-0.2, 0) is 9.84 Å². The van der Waals surface area contributed by atoms with Gasteiger partial charge >= 0.3 is 0 Å². The summed E-state index contributed by atoms with van der Waals surface area (Å²) >= 11 is 1.76. The van der Waals surface area contributed by atoms with Crippen molar-refractivity contribution in [1.82, 2.24) is 4.90 Å². The Kier molecular flexibility index (Phi) is 5.43. The van der Waals surface area contributed by atoms with E-state index in [-0.39, 0.29) is 0 Å². The third kappa shape index (κ3) is 5.78. The highest BCUT2D eigenvalue weighted by molar-refractivity contribution is 8.00. The molecule has 1 saturated heterocycles. The van der Waals surface area contributed by atoms with Crippen LogP contribution in [0.1, 0.15) is 19.3 Å². The van der Waals surface area contributed by atoms with Crippen LogP contribution in [0, 0.1) is 0 Å². The monoisotopic (exact) mass is 251 g/mol. The topological polar surface area (TPSA) is 37.4 Å². The van der Waals surface area contributed by atoms with Gasteiger partial charge < -0.3 is 4.90 Å². The largest absolute Gasteiger partial charge is 0.303 e. The van der Waals surface area contributed by atoms with E-state index in [0.29, 0.717) is 5.75 Å². The van der Waals surface area contributed by atoms with E-state index in [4.69, 9.17) is 0 Å². The van der Waals surface area contributed by atoms with Gasteiger partial charge in [0.1, 0.15) is 9.84 Å². The predicted octanol–water partition coefficient (Wildman–Crippen LogP) is 1.25. The zero-order chi connectivity index (χ0) is 11.3. The van der Waals surface area contributed by atoms with Crippen molar-refractivity contribution in [3.63, 3.8) is 0 Å². The molecule has 1 aliphatic rings. The first-order chi connectivity index (χ1) is 6.99. The maximum atomic E-state index is 10.9. The Bertz CT molecular complexity index is 277. The summed E-state index contributed by atoms with van der Waals surface area (Å²) in [4.78, 5) is 2.41. The molecule has 1 rings (SSSR count). The summed E-state index contributed by atoms with van der Waals surface area (Å²) in [5.74, 6) is 2.15. The normalized spacial score (nSPS) is 23.5. The van der Waals surface area contributed by atoms with Gasteiger partial charge in [0.25, 0.3) is 0 Å². The van der Waals surface area contributed by atoms with E-state index in [0.717, 1.165) is 17.5 Å².